The molecule has 2 aliphatic heterocycles. The second-order valence-electron chi connectivity index (χ2n) is 6.79. The minimum atomic E-state index is -0.435. The molecule has 0 aromatic heterocycles. The molecule has 1 atom stereocenters. The van der Waals surface area contributed by atoms with Crippen LogP contribution in [0.15, 0.2) is 18.2 Å². The van der Waals surface area contributed by atoms with Gasteiger partial charge in [-0.15, -0.1) is 0 Å². The highest BCUT2D eigenvalue weighted by Crippen LogP contribution is 2.33. The van der Waals surface area contributed by atoms with Crippen LogP contribution in [0.3, 0.4) is 0 Å². The first-order valence-electron chi connectivity index (χ1n) is 9.17. The van der Waals surface area contributed by atoms with E-state index in [2.05, 4.69) is 4.90 Å². The van der Waals surface area contributed by atoms with Crippen LogP contribution in [-0.4, -0.2) is 62.0 Å². The highest BCUT2D eigenvalue weighted by molar-refractivity contribution is 6.33. The van der Waals surface area contributed by atoms with Gasteiger partial charge in [-0.3, -0.25) is 14.4 Å². The summed E-state index contributed by atoms with van der Waals surface area (Å²) in [5, 5.41) is 0.552. The Morgan fingerprint density at radius 2 is 1.93 bits per heavy atom. The van der Waals surface area contributed by atoms with Crippen molar-refractivity contribution in [3.05, 3.63) is 23.2 Å². The van der Waals surface area contributed by atoms with Crippen molar-refractivity contribution < 1.29 is 19.1 Å². The number of carbonyl (C=O) groups excluding carboxylic acids is 3. The molecule has 2 aliphatic rings. The molecule has 2 fully saturated rings. The van der Waals surface area contributed by atoms with Crippen molar-refractivity contribution in [1.29, 1.82) is 0 Å². The second-order valence-corrected chi connectivity index (χ2v) is 7.19. The van der Waals surface area contributed by atoms with Crippen LogP contribution >= 0.6 is 11.6 Å². The first-order valence-corrected chi connectivity index (χ1v) is 9.55. The fraction of sp³-hybridized carbons (Fsp3) is 0.526. The molecule has 1 aromatic carbocycles. The van der Waals surface area contributed by atoms with Crippen molar-refractivity contribution in [3.63, 3.8) is 0 Å². The molecule has 3 rings (SSSR count). The topological polar surface area (TPSA) is 70.2 Å². The van der Waals surface area contributed by atoms with Crippen LogP contribution in [0.4, 0.5) is 11.4 Å². The minimum absolute atomic E-state index is 0.0831. The molecule has 0 unspecified atom stereocenters. The van der Waals surface area contributed by atoms with E-state index in [0.717, 1.165) is 5.69 Å². The average Bonchev–Trinajstić information content (AvgIpc) is 3.04. The van der Waals surface area contributed by atoms with Gasteiger partial charge in [0.05, 0.1) is 23.2 Å². The molecule has 0 radical (unpaired) electrons. The van der Waals surface area contributed by atoms with E-state index in [1.54, 1.807) is 24.8 Å². The lowest BCUT2D eigenvalue weighted by Gasteiger charge is -2.36. The Hall–Kier alpha value is -2.28. The summed E-state index contributed by atoms with van der Waals surface area (Å²) in [6, 6.07) is 5.51. The highest BCUT2D eigenvalue weighted by atomic mass is 35.5. The van der Waals surface area contributed by atoms with Crippen molar-refractivity contribution in [2.75, 3.05) is 49.1 Å². The van der Waals surface area contributed by atoms with E-state index in [0.29, 0.717) is 50.0 Å². The Bertz CT molecular complexity index is 746. The standard InChI is InChI=1S/C19H24ClN3O4/c1-3-27-19(26)14-10-18(25)23(12-14)15-4-5-17(16(20)11-15)22-8-6-21(7-9-22)13(2)24/h4-5,11,14H,3,6-10,12H2,1-2H3/t14-/m0/s1. The van der Waals surface area contributed by atoms with Gasteiger partial charge < -0.3 is 19.4 Å². The molecular weight excluding hydrogens is 370 g/mol. The Morgan fingerprint density at radius 1 is 1.22 bits per heavy atom. The van der Waals surface area contributed by atoms with E-state index in [1.165, 1.54) is 0 Å². The summed E-state index contributed by atoms with van der Waals surface area (Å²) in [4.78, 5) is 41.2. The summed E-state index contributed by atoms with van der Waals surface area (Å²) in [6.45, 7) is 6.71. The number of halogens is 1. The van der Waals surface area contributed by atoms with Gasteiger partial charge >= 0.3 is 5.97 Å². The van der Waals surface area contributed by atoms with Crippen molar-refractivity contribution in [2.45, 2.75) is 20.3 Å². The third kappa shape index (κ3) is 4.18. The lowest BCUT2D eigenvalue weighted by Crippen LogP contribution is -2.48. The van der Waals surface area contributed by atoms with Crippen LogP contribution < -0.4 is 9.80 Å². The fourth-order valence-corrected chi connectivity index (χ4v) is 3.85. The lowest BCUT2D eigenvalue weighted by atomic mass is 10.1. The number of hydrogen-bond acceptors (Lipinski definition) is 5. The summed E-state index contributed by atoms with van der Waals surface area (Å²) in [5.74, 6) is -0.790. The number of benzene rings is 1. The number of esters is 1. The zero-order chi connectivity index (χ0) is 19.6. The Balaban J connectivity index is 1.69. The van der Waals surface area contributed by atoms with E-state index in [4.69, 9.17) is 16.3 Å². The summed E-state index contributed by atoms with van der Waals surface area (Å²) in [5.41, 5.74) is 1.57. The zero-order valence-corrected chi connectivity index (χ0v) is 16.4. The average molecular weight is 394 g/mol. The molecule has 0 N–H and O–H groups in total. The van der Waals surface area contributed by atoms with Crippen molar-refractivity contribution in [3.8, 4) is 0 Å². The summed E-state index contributed by atoms with van der Waals surface area (Å²) in [7, 11) is 0. The molecule has 27 heavy (non-hydrogen) atoms. The fourth-order valence-electron chi connectivity index (χ4n) is 3.56. The molecule has 7 nitrogen and oxygen atoms in total. The summed E-state index contributed by atoms with van der Waals surface area (Å²) in [6.07, 6.45) is 0.158. The van der Waals surface area contributed by atoms with E-state index < -0.39 is 5.92 Å². The maximum atomic E-state index is 12.3. The Morgan fingerprint density at radius 3 is 2.52 bits per heavy atom. The molecule has 0 aliphatic carbocycles. The predicted molar refractivity (Wildman–Crippen MR) is 103 cm³/mol. The molecular formula is C19H24ClN3O4. The van der Waals surface area contributed by atoms with Gasteiger partial charge in [0.15, 0.2) is 0 Å². The predicted octanol–water partition coefficient (Wildman–Crippen LogP) is 1.92. The van der Waals surface area contributed by atoms with Crippen LogP contribution in [0.1, 0.15) is 20.3 Å². The molecule has 0 bridgehead atoms. The number of anilines is 2. The van der Waals surface area contributed by atoms with Crippen LogP contribution in [-0.2, 0) is 19.1 Å². The van der Waals surface area contributed by atoms with Crippen molar-refractivity contribution >= 4 is 40.8 Å². The molecule has 0 saturated carbocycles. The lowest BCUT2D eigenvalue weighted by molar-refractivity contribution is -0.147. The number of piperazine rings is 1. The van der Waals surface area contributed by atoms with E-state index in [-0.39, 0.29) is 24.2 Å². The smallest absolute Gasteiger partial charge is 0.311 e. The minimum Gasteiger partial charge on any atom is -0.466 e. The third-order valence-electron chi connectivity index (χ3n) is 5.05. The maximum absolute atomic E-state index is 12.3. The number of amides is 2. The van der Waals surface area contributed by atoms with E-state index in [1.807, 2.05) is 17.0 Å². The highest BCUT2D eigenvalue weighted by Gasteiger charge is 2.36. The van der Waals surface area contributed by atoms with Gasteiger partial charge in [0.2, 0.25) is 11.8 Å². The van der Waals surface area contributed by atoms with Crippen LogP contribution in [0.25, 0.3) is 0 Å². The SMILES string of the molecule is CCOC(=O)[C@H]1CC(=O)N(c2ccc(N3CCN(C(C)=O)CC3)c(Cl)c2)C1. The normalized spacial score (nSPS) is 20.2. The van der Waals surface area contributed by atoms with Gasteiger partial charge in [0.25, 0.3) is 0 Å². The first-order chi connectivity index (χ1) is 12.9. The Labute approximate surface area is 163 Å². The maximum Gasteiger partial charge on any atom is 0.311 e. The van der Waals surface area contributed by atoms with Gasteiger partial charge in [-0.1, -0.05) is 11.6 Å². The monoisotopic (exact) mass is 393 g/mol. The Kier molecular flexibility index (Phi) is 5.89. The van der Waals surface area contributed by atoms with Gasteiger partial charge in [-0.05, 0) is 25.1 Å². The molecule has 1 aromatic rings. The second kappa shape index (κ2) is 8.17. The van der Waals surface area contributed by atoms with Crippen molar-refractivity contribution in [2.24, 2.45) is 5.92 Å². The first kappa shape index (κ1) is 19.5. The molecule has 2 saturated heterocycles. The summed E-state index contributed by atoms with van der Waals surface area (Å²) < 4.78 is 5.03. The third-order valence-corrected chi connectivity index (χ3v) is 5.36. The number of carbonyl (C=O) groups is 3. The largest absolute Gasteiger partial charge is 0.466 e. The van der Waals surface area contributed by atoms with Gasteiger partial charge in [-0.2, -0.15) is 0 Å². The van der Waals surface area contributed by atoms with Crippen molar-refractivity contribution in [1.82, 2.24) is 4.90 Å². The van der Waals surface area contributed by atoms with Gasteiger partial charge in [0.1, 0.15) is 0 Å². The summed E-state index contributed by atoms with van der Waals surface area (Å²) >= 11 is 6.48. The number of nitrogens with zero attached hydrogens (tertiary/aromatic N) is 3. The van der Waals surface area contributed by atoms with Gasteiger partial charge in [-0.25, -0.2) is 0 Å². The van der Waals surface area contributed by atoms with Crippen LogP contribution in [0.2, 0.25) is 5.02 Å². The van der Waals surface area contributed by atoms with Crippen LogP contribution in [0, 0.1) is 5.92 Å². The number of rotatable bonds is 4. The quantitative estimate of drug-likeness (QED) is 0.731. The van der Waals surface area contributed by atoms with Gasteiger partial charge in [0, 0.05) is 51.8 Å². The number of hydrogen-bond donors (Lipinski definition) is 0. The number of ether oxygens (including phenoxy) is 1. The molecule has 8 heteroatoms. The molecule has 0 spiro atoms. The zero-order valence-electron chi connectivity index (χ0n) is 15.6. The molecule has 146 valence electrons. The van der Waals surface area contributed by atoms with E-state index in [9.17, 15) is 14.4 Å². The molecule has 2 heterocycles. The van der Waals surface area contributed by atoms with Crippen LogP contribution in [0.5, 0.6) is 0 Å². The van der Waals surface area contributed by atoms with E-state index >= 15 is 0 Å². The molecule has 2 amide bonds.